The van der Waals surface area contributed by atoms with Crippen LogP contribution in [0.2, 0.25) is 0 Å². The summed E-state index contributed by atoms with van der Waals surface area (Å²) in [5.41, 5.74) is 0.682. The fraction of sp³-hybridized carbons (Fsp3) is 0.250. The Kier molecular flexibility index (Phi) is 6.08. The summed E-state index contributed by atoms with van der Waals surface area (Å²) in [6, 6.07) is 11.3. The molecule has 1 aromatic carbocycles. The summed E-state index contributed by atoms with van der Waals surface area (Å²) in [5, 5.41) is 0.453. The predicted molar refractivity (Wildman–Crippen MR) is 122 cm³/mol. The van der Waals surface area contributed by atoms with E-state index >= 15 is 0 Å². The average molecular weight is 517 g/mol. The third kappa shape index (κ3) is 4.61. The molecule has 0 bridgehead atoms. The lowest BCUT2D eigenvalue weighted by Gasteiger charge is -2.37. The highest BCUT2D eigenvalue weighted by molar-refractivity contribution is 7.89. The third-order valence-electron chi connectivity index (χ3n) is 6.01. The molecule has 0 aliphatic carbocycles. The van der Waals surface area contributed by atoms with E-state index in [2.05, 4.69) is 15.0 Å². The highest BCUT2D eigenvalue weighted by atomic mass is 32.2. The second-order valence-electron chi connectivity index (χ2n) is 8.31. The molecule has 186 valence electrons. The molecule has 1 fully saturated rings. The first kappa shape index (κ1) is 24.1. The Morgan fingerprint density at radius 3 is 2.56 bits per heavy atom. The van der Waals surface area contributed by atoms with Gasteiger partial charge in [0.05, 0.1) is 11.7 Å². The van der Waals surface area contributed by atoms with Crippen LogP contribution in [0, 0.1) is 0 Å². The number of para-hydroxylation sites is 1. The van der Waals surface area contributed by atoms with E-state index in [1.807, 2.05) is 0 Å². The van der Waals surface area contributed by atoms with Crippen LogP contribution >= 0.6 is 0 Å². The van der Waals surface area contributed by atoms with Gasteiger partial charge < -0.3 is 4.42 Å². The molecule has 1 aliphatic rings. The molecule has 5 rings (SSSR count). The van der Waals surface area contributed by atoms with Crippen molar-refractivity contribution >= 4 is 26.8 Å². The second-order valence-corrected chi connectivity index (χ2v) is 10.1. The lowest BCUT2D eigenvalue weighted by Crippen LogP contribution is -2.54. The van der Waals surface area contributed by atoms with Gasteiger partial charge in [-0.15, -0.1) is 0 Å². The number of Topliss-reactive ketones (excluding diaryl/α,β-unsaturated/α-hetero) is 1. The number of hydrogen-bond acceptors (Lipinski definition) is 7. The van der Waals surface area contributed by atoms with E-state index in [1.54, 1.807) is 30.3 Å². The smallest absolute Gasteiger partial charge is 0.433 e. The average Bonchev–Trinajstić information content (AvgIpc) is 3.27. The van der Waals surface area contributed by atoms with Crippen molar-refractivity contribution in [3.05, 3.63) is 72.4 Å². The van der Waals surface area contributed by atoms with Crippen LogP contribution in [0.5, 0.6) is 0 Å². The number of carbonyl (C=O) groups excluding carboxylic acids is 1. The minimum absolute atomic E-state index is 0.0402. The Morgan fingerprint density at radius 1 is 1.08 bits per heavy atom. The fourth-order valence-electron chi connectivity index (χ4n) is 4.00. The van der Waals surface area contributed by atoms with Crippen LogP contribution in [0.3, 0.4) is 0 Å². The highest BCUT2D eigenvalue weighted by Gasteiger charge is 2.43. The molecule has 1 atom stereocenters. The Hall–Kier alpha value is -3.64. The largest absolute Gasteiger partial charge is 0.443 e. The first-order valence-corrected chi connectivity index (χ1v) is 12.4. The number of fused-ring (bicyclic) bond motifs is 1. The minimum atomic E-state index is -4.54. The summed E-state index contributed by atoms with van der Waals surface area (Å²) >= 11 is 0. The number of halogens is 3. The highest BCUT2D eigenvalue weighted by Crippen LogP contribution is 2.32. The number of hydrogen-bond donors (Lipinski definition) is 0. The monoisotopic (exact) mass is 516 g/mol. The van der Waals surface area contributed by atoms with Crippen molar-refractivity contribution in [3.8, 4) is 11.3 Å². The number of ketones is 1. The van der Waals surface area contributed by atoms with Crippen molar-refractivity contribution in [2.24, 2.45) is 0 Å². The number of rotatable bonds is 7. The molecule has 1 aliphatic heterocycles. The van der Waals surface area contributed by atoms with Gasteiger partial charge in [-0.1, -0.05) is 18.2 Å². The van der Waals surface area contributed by atoms with Crippen LogP contribution in [0.1, 0.15) is 24.2 Å². The summed E-state index contributed by atoms with van der Waals surface area (Å²) in [5.74, 6) is -0.253. The van der Waals surface area contributed by atoms with E-state index < -0.39 is 27.9 Å². The van der Waals surface area contributed by atoms with Crippen LogP contribution in [-0.2, 0) is 27.4 Å². The molecule has 0 unspecified atom stereocenters. The minimum Gasteiger partial charge on any atom is -0.443 e. The molecular weight excluding hydrogens is 497 g/mol. The van der Waals surface area contributed by atoms with Crippen LogP contribution in [0.25, 0.3) is 22.2 Å². The number of benzene rings is 1. The lowest BCUT2D eigenvalue weighted by atomic mass is 9.98. The molecule has 0 amide bonds. The fourth-order valence-corrected chi connectivity index (χ4v) is 5.60. The number of aromatic nitrogens is 3. The van der Waals surface area contributed by atoms with Crippen LogP contribution in [0.15, 0.2) is 70.6 Å². The number of pyridine rings is 1. The van der Waals surface area contributed by atoms with Crippen molar-refractivity contribution in [3.63, 3.8) is 0 Å². The number of nitrogens with zero attached hydrogens (tertiary/aromatic N) is 4. The number of carbonyl (C=O) groups is 1. The van der Waals surface area contributed by atoms with Crippen LogP contribution in [0.4, 0.5) is 13.2 Å². The summed E-state index contributed by atoms with van der Waals surface area (Å²) in [4.78, 5) is 24.5. The van der Waals surface area contributed by atoms with Crippen molar-refractivity contribution in [1.29, 1.82) is 0 Å². The SMILES string of the molecule is O=C(CCc1cc(-c2ccc(C(F)(F)F)nc2)ncn1)[C@@H]1CCN1S(=O)(=O)c1cc2ccccc2o1. The Bertz CT molecular complexity index is 1500. The first-order chi connectivity index (χ1) is 17.1. The summed E-state index contributed by atoms with van der Waals surface area (Å²) in [7, 11) is -3.96. The molecule has 0 N–H and O–H groups in total. The zero-order valence-corrected chi connectivity index (χ0v) is 19.5. The number of aryl methyl sites for hydroxylation is 1. The van der Waals surface area contributed by atoms with Gasteiger partial charge in [0.15, 0.2) is 5.78 Å². The van der Waals surface area contributed by atoms with Crippen LogP contribution in [-0.4, -0.2) is 46.0 Å². The van der Waals surface area contributed by atoms with Gasteiger partial charge >= 0.3 is 6.18 Å². The number of sulfonamides is 1. The van der Waals surface area contributed by atoms with Gasteiger partial charge in [-0.2, -0.15) is 17.5 Å². The molecule has 0 saturated carbocycles. The van der Waals surface area contributed by atoms with Gasteiger partial charge in [-0.05, 0) is 37.1 Å². The Balaban J connectivity index is 1.25. The van der Waals surface area contributed by atoms with Gasteiger partial charge in [-0.25, -0.2) is 18.4 Å². The molecule has 36 heavy (non-hydrogen) atoms. The third-order valence-corrected chi connectivity index (χ3v) is 7.77. The Labute approximate surface area is 203 Å². The van der Waals surface area contributed by atoms with Gasteiger partial charge in [-0.3, -0.25) is 9.78 Å². The molecule has 12 heteroatoms. The van der Waals surface area contributed by atoms with Crippen molar-refractivity contribution in [1.82, 2.24) is 19.3 Å². The quantitative estimate of drug-likeness (QED) is 0.361. The normalized spacial score (nSPS) is 16.7. The second kappa shape index (κ2) is 9.10. The van der Waals surface area contributed by atoms with Gasteiger partial charge in [0.1, 0.15) is 17.6 Å². The lowest BCUT2D eigenvalue weighted by molar-refractivity contribution is -0.141. The molecule has 3 aromatic heterocycles. The van der Waals surface area contributed by atoms with E-state index in [9.17, 15) is 26.4 Å². The first-order valence-electron chi connectivity index (χ1n) is 11.0. The topological polar surface area (TPSA) is 106 Å². The van der Waals surface area contributed by atoms with E-state index in [0.717, 1.165) is 16.6 Å². The van der Waals surface area contributed by atoms with E-state index in [-0.39, 0.29) is 30.3 Å². The maximum absolute atomic E-state index is 13.0. The van der Waals surface area contributed by atoms with Gasteiger partial charge in [0, 0.05) is 41.9 Å². The Morgan fingerprint density at radius 2 is 1.89 bits per heavy atom. The summed E-state index contributed by atoms with van der Waals surface area (Å²) in [6.45, 7) is 0.217. The van der Waals surface area contributed by atoms with Crippen LogP contribution < -0.4 is 0 Å². The number of alkyl halides is 3. The maximum Gasteiger partial charge on any atom is 0.433 e. The summed E-state index contributed by atoms with van der Waals surface area (Å²) < 4.78 is 71.0. The van der Waals surface area contributed by atoms with Crippen molar-refractivity contribution in [2.75, 3.05) is 6.54 Å². The molecule has 0 radical (unpaired) electrons. The maximum atomic E-state index is 13.0. The molecule has 0 spiro atoms. The van der Waals surface area contributed by atoms with Crippen molar-refractivity contribution in [2.45, 2.75) is 36.6 Å². The van der Waals surface area contributed by atoms with Gasteiger partial charge in [0.2, 0.25) is 5.09 Å². The standard InChI is InChI=1S/C24H19F3N4O4S/c25-24(26,27)22-8-5-16(13-28-22)18-12-17(29-14-30-18)6-7-20(32)19-9-10-31(19)36(33,34)23-11-15-3-1-2-4-21(15)35-23/h1-5,8,11-14,19H,6-7,9-10H2/t19-/m0/s1. The van der Waals surface area contributed by atoms with Gasteiger partial charge in [0.25, 0.3) is 10.0 Å². The zero-order chi connectivity index (χ0) is 25.5. The van der Waals surface area contributed by atoms with E-state index in [4.69, 9.17) is 4.42 Å². The molecule has 1 saturated heterocycles. The molecular formula is C24H19F3N4O4S. The molecule has 4 aromatic rings. The summed E-state index contributed by atoms with van der Waals surface area (Å²) in [6.07, 6.45) is -1.53. The van der Waals surface area contributed by atoms with E-state index in [1.165, 1.54) is 18.5 Å². The molecule has 8 nitrogen and oxygen atoms in total. The van der Waals surface area contributed by atoms with Crippen molar-refractivity contribution < 1.29 is 30.8 Å². The predicted octanol–water partition coefficient (Wildman–Crippen LogP) is 4.27. The zero-order valence-electron chi connectivity index (χ0n) is 18.6. The van der Waals surface area contributed by atoms with E-state index in [0.29, 0.717) is 34.3 Å². The molecule has 4 heterocycles. The number of furan rings is 1.